The number of anilines is 1. The molecule has 0 saturated heterocycles. The number of aromatic nitrogens is 1. The molecule has 5 heteroatoms. The van der Waals surface area contributed by atoms with Gasteiger partial charge in [0.2, 0.25) is 0 Å². The van der Waals surface area contributed by atoms with E-state index in [9.17, 15) is 4.79 Å². The molecule has 1 aromatic heterocycles. The summed E-state index contributed by atoms with van der Waals surface area (Å²) < 4.78 is 4.45. The maximum absolute atomic E-state index is 11.0. The molecule has 0 bridgehead atoms. The number of halogens is 1. The van der Waals surface area contributed by atoms with Gasteiger partial charge in [-0.3, -0.25) is 0 Å². The third-order valence-corrected chi connectivity index (χ3v) is 1.63. The summed E-state index contributed by atoms with van der Waals surface area (Å²) in [5, 5.41) is 0.245. The molecule has 0 aliphatic rings. The van der Waals surface area contributed by atoms with Crippen molar-refractivity contribution in [1.29, 1.82) is 0 Å². The lowest BCUT2D eigenvalue weighted by Crippen LogP contribution is -2.07. The van der Waals surface area contributed by atoms with Crippen molar-refractivity contribution in [2.24, 2.45) is 0 Å². The van der Waals surface area contributed by atoms with Crippen LogP contribution in [-0.2, 0) is 4.74 Å². The maximum Gasteiger partial charge on any atom is 0.343 e. The molecule has 0 radical (unpaired) electrons. The standard InChI is InChI=1S/C7H7ClN2O2/c1-12-7(11)5-4(8)2-3-10-6(5)9/h2-3H,1H3,(H2,9,10). The first kappa shape index (κ1) is 8.80. The molecule has 0 unspecified atom stereocenters. The Bertz CT molecular complexity index is 294. The highest BCUT2D eigenvalue weighted by molar-refractivity contribution is 6.34. The zero-order valence-corrected chi connectivity index (χ0v) is 7.13. The van der Waals surface area contributed by atoms with Crippen LogP contribution in [0.4, 0.5) is 5.82 Å². The molecule has 0 aliphatic carbocycles. The fourth-order valence-electron chi connectivity index (χ4n) is 0.757. The Labute approximate surface area is 74.3 Å². The molecule has 0 fully saturated rings. The van der Waals surface area contributed by atoms with Gasteiger partial charge in [-0.2, -0.15) is 0 Å². The first-order chi connectivity index (χ1) is 5.66. The molecule has 1 rings (SSSR count). The number of carbonyl (C=O) groups is 1. The van der Waals surface area contributed by atoms with E-state index in [1.807, 2.05) is 0 Å². The Morgan fingerprint density at radius 2 is 2.42 bits per heavy atom. The molecular formula is C7H7ClN2O2. The second-order valence-corrected chi connectivity index (χ2v) is 2.45. The highest BCUT2D eigenvalue weighted by Gasteiger charge is 2.14. The van der Waals surface area contributed by atoms with E-state index in [4.69, 9.17) is 17.3 Å². The monoisotopic (exact) mass is 186 g/mol. The number of ether oxygens (including phenoxy) is 1. The largest absolute Gasteiger partial charge is 0.465 e. The van der Waals surface area contributed by atoms with Crippen LogP contribution in [0.15, 0.2) is 12.3 Å². The third kappa shape index (κ3) is 1.48. The van der Waals surface area contributed by atoms with E-state index in [0.717, 1.165) is 0 Å². The number of nitrogens with two attached hydrogens (primary N) is 1. The number of nitrogens with zero attached hydrogens (tertiary/aromatic N) is 1. The molecule has 64 valence electrons. The van der Waals surface area contributed by atoms with Crippen molar-refractivity contribution in [3.8, 4) is 0 Å². The molecule has 1 aromatic rings. The van der Waals surface area contributed by atoms with E-state index < -0.39 is 5.97 Å². The third-order valence-electron chi connectivity index (χ3n) is 1.32. The first-order valence-corrected chi connectivity index (χ1v) is 3.53. The highest BCUT2D eigenvalue weighted by Crippen LogP contribution is 2.19. The number of hydrogen-bond acceptors (Lipinski definition) is 4. The van der Waals surface area contributed by atoms with E-state index in [-0.39, 0.29) is 16.4 Å². The number of hydrogen-bond donors (Lipinski definition) is 1. The normalized spacial score (nSPS) is 9.50. The molecule has 0 amide bonds. The van der Waals surface area contributed by atoms with Gasteiger partial charge in [0.1, 0.15) is 11.4 Å². The van der Waals surface area contributed by atoms with Crippen LogP contribution >= 0.6 is 11.6 Å². The Hall–Kier alpha value is -1.29. The fraction of sp³-hybridized carbons (Fsp3) is 0.143. The number of carbonyl (C=O) groups excluding carboxylic acids is 1. The van der Waals surface area contributed by atoms with Crippen LogP contribution in [0.5, 0.6) is 0 Å². The molecule has 0 atom stereocenters. The molecule has 2 N–H and O–H groups in total. The SMILES string of the molecule is COC(=O)c1c(Cl)ccnc1N. The Morgan fingerprint density at radius 3 is 2.92 bits per heavy atom. The second-order valence-electron chi connectivity index (χ2n) is 2.04. The van der Waals surface area contributed by atoms with Gasteiger partial charge in [0.05, 0.1) is 12.1 Å². The minimum Gasteiger partial charge on any atom is -0.465 e. The average Bonchev–Trinajstić information content (AvgIpc) is 2.03. The summed E-state index contributed by atoms with van der Waals surface area (Å²) >= 11 is 5.68. The van der Waals surface area contributed by atoms with Crippen molar-refractivity contribution in [3.63, 3.8) is 0 Å². The molecule has 0 spiro atoms. The van der Waals surface area contributed by atoms with Crippen LogP contribution in [0.2, 0.25) is 5.02 Å². The van der Waals surface area contributed by atoms with Crippen LogP contribution in [0.3, 0.4) is 0 Å². The van der Waals surface area contributed by atoms with Crippen LogP contribution < -0.4 is 5.73 Å². The zero-order valence-electron chi connectivity index (χ0n) is 6.37. The lowest BCUT2D eigenvalue weighted by molar-refractivity contribution is 0.0602. The number of pyridine rings is 1. The van der Waals surface area contributed by atoms with Crippen LogP contribution in [0.25, 0.3) is 0 Å². The van der Waals surface area contributed by atoms with E-state index in [1.165, 1.54) is 19.4 Å². The van der Waals surface area contributed by atoms with Gasteiger partial charge < -0.3 is 10.5 Å². The second kappa shape index (κ2) is 3.40. The van der Waals surface area contributed by atoms with Crippen LogP contribution in [0, 0.1) is 0 Å². The number of esters is 1. The smallest absolute Gasteiger partial charge is 0.343 e. The van der Waals surface area contributed by atoms with Crippen molar-refractivity contribution in [2.45, 2.75) is 0 Å². The molecule has 0 aliphatic heterocycles. The van der Waals surface area contributed by atoms with Crippen molar-refractivity contribution in [3.05, 3.63) is 22.8 Å². The minimum absolute atomic E-state index is 0.0781. The lowest BCUT2D eigenvalue weighted by Gasteiger charge is -2.03. The van der Waals surface area contributed by atoms with Crippen molar-refractivity contribution in [2.75, 3.05) is 12.8 Å². The minimum atomic E-state index is -0.578. The summed E-state index contributed by atoms with van der Waals surface area (Å²) in [7, 11) is 1.26. The van der Waals surface area contributed by atoms with E-state index in [1.54, 1.807) is 0 Å². The van der Waals surface area contributed by atoms with Gasteiger partial charge in [0.15, 0.2) is 0 Å². The summed E-state index contributed by atoms with van der Waals surface area (Å²) in [6, 6.07) is 1.48. The van der Waals surface area contributed by atoms with Gasteiger partial charge in [0.25, 0.3) is 0 Å². The van der Waals surface area contributed by atoms with Crippen molar-refractivity contribution in [1.82, 2.24) is 4.98 Å². The predicted molar refractivity (Wildman–Crippen MR) is 45.0 cm³/mol. The van der Waals surface area contributed by atoms with Gasteiger partial charge in [-0.25, -0.2) is 9.78 Å². The number of methoxy groups -OCH3 is 1. The Kier molecular flexibility index (Phi) is 2.50. The van der Waals surface area contributed by atoms with E-state index >= 15 is 0 Å². The molecule has 0 saturated carbocycles. The fourth-order valence-corrected chi connectivity index (χ4v) is 0.988. The Balaban J connectivity index is 3.21. The highest BCUT2D eigenvalue weighted by atomic mass is 35.5. The van der Waals surface area contributed by atoms with E-state index in [0.29, 0.717) is 0 Å². The van der Waals surface area contributed by atoms with Crippen molar-refractivity contribution >= 4 is 23.4 Å². The quantitative estimate of drug-likeness (QED) is 0.668. The Morgan fingerprint density at radius 1 is 1.75 bits per heavy atom. The average molecular weight is 187 g/mol. The topological polar surface area (TPSA) is 65.2 Å². The number of nitrogen functional groups attached to an aromatic ring is 1. The summed E-state index contributed by atoms with van der Waals surface area (Å²) in [5.41, 5.74) is 5.51. The summed E-state index contributed by atoms with van der Waals surface area (Å²) in [6.07, 6.45) is 1.42. The summed E-state index contributed by atoms with van der Waals surface area (Å²) in [5.74, 6) is -0.500. The summed E-state index contributed by atoms with van der Waals surface area (Å²) in [4.78, 5) is 14.7. The van der Waals surface area contributed by atoms with E-state index in [2.05, 4.69) is 9.72 Å². The maximum atomic E-state index is 11.0. The molecular weight excluding hydrogens is 180 g/mol. The van der Waals surface area contributed by atoms with Crippen LogP contribution in [0.1, 0.15) is 10.4 Å². The van der Waals surface area contributed by atoms with Gasteiger partial charge in [0, 0.05) is 6.20 Å². The van der Waals surface area contributed by atoms with Crippen molar-refractivity contribution < 1.29 is 9.53 Å². The van der Waals surface area contributed by atoms with Gasteiger partial charge >= 0.3 is 5.97 Å². The zero-order chi connectivity index (χ0) is 9.14. The van der Waals surface area contributed by atoms with Crippen LogP contribution in [-0.4, -0.2) is 18.1 Å². The molecule has 0 aromatic carbocycles. The number of rotatable bonds is 1. The first-order valence-electron chi connectivity index (χ1n) is 3.15. The van der Waals surface area contributed by atoms with Gasteiger partial charge in [-0.1, -0.05) is 11.6 Å². The molecule has 1 heterocycles. The molecule has 4 nitrogen and oxygen atoms in total. The van der Waals surface area contributed by atoms with Gasteiger partial charge in [-0.15, -0.1) is 0 Å². The molecule has 12 heavy (non-hydrogen) atoms. The lowest BCUT2D eigenvalue weighted by atomic mass is 10.2. The van der Waals surface area contributed by atoms with Gasteiger partial charge in [-0.05, 0) is 6.07 Å². The summed E-state index contributed by atoms with van der Waals surface area (Å²) in [6.45, 7) is 0. The predicted octanol–water partition coefficient (Wildman–Crippen LogP) is 1.10.